The molecule has 0 atom stereocenters. The molecule has 4 aromatic heterocycles. The van der Waals surface area contributed by atoms with E-state index in [0.717, 1.165) is 51.0 Å². The number of ether oxygens (including phenoxy) is 1. The van der Waals surface area contributed by atoms with Crippen LogP contribution in [0.5, 0.6) is 0 Å². The molecule has 11 heteroatoms. The topological polar surface area (TPSA) is 121 Å². The number of hydrogen-bond acceptors (Lipinski definition) is 9. The van der Waals surface area contributed by atoms with Crippen molar-refractivity contribution < 1.29 is 9.53 Å². The molecule has 0 unspecified atom stereocenters. The van der Waals surface area contributed by atoms with Crippen LogP contribution in [-0.4, -0.2) is 60.5 Å². The highest BCUT2D eigenvalue weighted by atomic mass is 32.1. The van der Waals surface area contributed by atoms with Crippen LogP contribution in [0.25, 0.3) is 27.5 Å². The number of rotatable bonds is 5. The number of nitrogens with one attached hydrogen (secondary N) is 1. The van der Waals surface area contributed by atoms with E-state index in [1.807, 2.05) is 45.2 Å². The monoisotopic (exact) mass is 544 g/mol. The Kier molecular flexibility index (Phi) is 7.23. The number of nitriles is 1. The van der Waals surface area contributed by atoms with Gasteiger partial charge in [-0.15, -0.1) is 10.2 Å². The van der Waals surface area contributed by atoms with Crippen molar-refractivity contribution in [3.63, 3.8) is 0 Å². The normalized spacial score (nSPS) is 14.5. The molecule has 10 nitrogen and oxygen atoms in total. The molecule has 5 rings (SSSR count). The number of aromatic nitrogens is 5. The van der Waals surface area contributed by atoms with E-state index in [2.05, 4.69) is 40.5 Å². The molecular formula is C28H32N8O2S. The molecular weight excluding hydrogens is 512 g/mol. The summed E-state index contributed by atoms with van der Waals surface area (Å²) in [5, 5.41) is 28.0. The maximum absolute atomic E-state index is 12.4. The molecule has 1 aliphatic rings. The lowest BCUT2D eigenvalue weighted by atomic mass is 9.98. The predicted octanol–water partition coefficient (Wildman–Crippen LogP) is 5.72. The molecule has 0 bridgehead atoms. The summed E-state index contributed by atoms with van der Waals surface area (Å²) in [6.07, 6.45) is 4.77. The summed E-state index contributed by atoms with van der Waals surface area (Å²) < 4.78 is 7.31. The highest BCUT2D eigenvalue weighted by molar-refractivity contribution is 7.14. The Morgan fingerprint density at radius 2 is 1.95 bits per heavy atom. The van der Waals surface area contributed by atoms with Crippen LogP contribution in [0.3, 0.4) is 0 Å². The van der Waals surface area contributed by atoms with E-state index in [1.54, 1.807) is 33.0 Å². The van der Waals surface area contributed by atoms with Gasteiger partial charge >= 0.3 is 6.09 Å². The maximum Gasteiger partial charge on any atom is 0.410 e. The third-order valence-electron chi connectivity index (χ3n) is 6.41. The van der Waals surface area contributed by atoms with Gasteiger partial charge in [0.15, 0.2) is 5.01 Å². The minimum atomic E-state index is -0.501. The number of likely N-dealkylation sites (tertiary alicyclic amines) is 1. The van der Waals surface area contributed by atoms with E-state index < -0.39 is 5.60 Å². The molecule has 1 N–H and O–H groups in total. The molecule has 1 aliphatic heterocycles. The van der Waals surface area contributed by atoms with Gasteiger partial charge in [0.2, 0.25) is 0 Å². The third-order valence-corrected chi connectivity index (χ3v) is 7.53. The molecule has 202 valence electrons. The largest absolute Gasteiger partial charge is 0.444 e. The molecule has 4 aromatic rings. The summed E-state index contributed by atoms with van der Waals surface area (Å²) in [6, 6.07) is 10.0. The summed E-state index contributed by atoms with van der Waals surface area (Å²) >= 11 is 1.58. The molecule has 0 aliphatic carbocycles. The Morgan fingerprint density at radius 1 is 1.18 bits per heavy atom. The van der Waals surface area contributed by atoms with Crippen LogP contribution in [-0.2, 0) is 4.74 Å². The molecule has 39 heavy (non-hydrogen) atoms. The summed E-state index contributed by atoms with van der Waals surface area (Å²) in [5.41, 5.74) is 4.25. The van der Waals surface area contributed by atoms with Gasteiger partial charge in [-0.2, -0.15) is 10.4 Å². The van der Waals surface area contributed by atoms with E-state index in [-0.39, 0.29) is 18.1 Å². The number of amides is 1. The van der Waals surface area contributed by atoms with Crippen molar-refractivity contribution in [1.29, 1.82) is 5.26 Å². The first-order chi connectivity index (χ1) is 18.6. The molecule has 0 spiro atoms. The number of fused-ring (bicyclic) bond motifs is 1. The van der Waals surface area contributed by atoms with Crippen LogP contribution in [0.4, 0.5) is 10.5 Å². The van der Waals surface area contributed by atoms with Gasteiger partial charge in [0.1, 0.15) is 16.7 Å². The predicted molar refractivity (Wildman–Crippen MR) is 151 cm³/mol. The molecule has 0 aromatic carbocycles. The standard InChI is InChI=1S/C28H32N8O2S/c1-17(2)32-22-13-23(24-7-6-20-12-18(14-29)15-31-36(20)24)30-16-21(22)26-34-33-25(39-26)19-8-10-35(11-9-19)27(37)38-28(3,4)5/h6-7,12-13,15-17,19H,8-11H2,1-5H3,(H,30,32). The van der Waals surface area contributed by atoms with Gasteiger partial charge in [-0.3, -0.25) is 4.98 Å². The first-order valence-corrected chi connectivity index (χ1v) is 13.9. The lowest BCUT2D eigenvalue weighted by Gasteiger charge is -2.32. The second kappa shape index (κ2) is 10.6. The number of carbonyl (C=O) groups is 1. The summed E-state index contributed by atoms with van der Waals surface area (Å²) in [7, 11) is 0. The Bertz CT molecular complexity index is 1540. The van der Waals surface area contributed by atoms with Crippen LogP contribution < -0.4 is 5.32 Å². The van der Waals surface area contributed by atoms with Gasteiger partial charge in [0.05, 0.1) is 34.2 Å². The van der Waals surface area contributed by atoms with Gasteiger partial charge in [0, 0.05) is 36.9 Å². The first-order valence-electron chi connectivity index (χ1n) is 13.1. The van der Waals surface area contributed by atoms with Crippen molar-refractivity contribution in [3.8, 4) is 28.0 Å². The highest BCUT2D eigenvalue weighted by Crippen LogP contribution is 2.37. The molecule has 1 saturated heterocycles. The van der Waals surface area contributed by atoms with Crippen molar-refractivity contribution in [3.05, 3.63) is 47.2 Å². The smallest absolute Gasteiger partial charge is 0.410 e. The molecule has 1 amide bonds. The average molecular weight is 545 g/mol. The number of pyridine rings is 1. The third kappa shape index (κ3) is 5.86. The Balaban J connectivity index is 1.37. The summed E-state index contributed by atoms with van der Waals surface area (Å²) in [5.74, 6) is 0.250. The van der Waals surface area contributed by atoms with Crippen molar-refractivity contribution in [1.82, 2.24) is 29.7 Å². The maximum atomic E-state index is 12.4. The molecule has 0 radical (unpaired) electrons. The Morgan fingerprint density at radius 3 is 2.64 bits per heavy atom. The highest BCUT2D eigenvalue weighted by Gasteiger charge is 2.29. The quantitative estimate of drug-likeness (QED) is 0.338. The number of carbonyl (C=O) groups excluding carboxylic acids is 1. The van der Waals surface area contributed by atoms with Crippen LogP contribution in [0.15, 0.2) is 36.7 Å². The Hall–Kier alpha value is -4.04. The van der Waals surface area contributed by atoms with Crippen molar-refractivity contribution >= 4 is 28.6 Å². The van der Waals surface area contributed by atoms with E-state index in [9.17, 15) is 10.1 Å². The van der Waals surface area contributed by atoms with Gasteiger partial charge in [-0.05, 0) is 71.7 Å². The zero-order valence-electron chi connectivity index (χ0n) is 22.8. The fourth-order valence-electron chi connectivity index (χ4n) is 4.59. The molecule has 5 heterocycles. The zero-order valence-corrected chi connectivity index (χ0v) is 23.6. The number of anilines is 1. The van der Waals surface area contributed by atoms with Crippen molar-refractivity contribution in [2.24, 2.45) is 0 Å². The molecule has 0 saturated carbocycles. The number of hydrogen-bond donors (Lipinski definition) is 1. The van der Waals surface area contributed by atoms with Crippen molar-refractivity contribution in [2.45, 2.75) is 65.0 Å². The van der Waals surface area contributed by atoms with E-state index >= 15 is 0 Å². The van der Waals surface area contributed by atoms with Gasteiger partial charge in [0.25, 0.3) is 0 Å². The summed E-state index contributed by atoms with van der Waals surface area (Å²) in [6.45, 7) is 11.1. The minimum Gasteiger partial charge on any atom is -0.444 e. The van der Waals surface area contributed by atoms with Gasteiger partial charge in [-0.25, -0.2) is 9.31 Å². The minimum absolute atomic E-state index is 0.198. The van der Waals surface area contributed by atoms with E-state index in [1.165, 1.54) is 0 Å². The fourth-order valence-corrected chi connectivity index (χ4v) is 5.63. The number of nitrogens with zero attached hydrogens (tertiary/aromatic N) is 7. The summed E-state index contributed by atoms with van der Waals surface area (Å²) in [4.78, 5) is 19.0. The fraction of sp³-hybridized carbons (Fsp3) is 0.429. The van der Waals surface area contributed by atoms with Crippen molar-refractivity contribution in [2.75, 3.05) is 18.4 Å². The second-order valence-electron chi connectivity index (χ2n) is 11.0. The van der Waals surface area contributed by atoms with E-state index in [4.69, 9.17) is 9.72 Å². The van der Waals surface area contributed by atoms with Crippen LogP contribution in [0.2, 0.25) is 0 Å². The van der Waals surface area contributed by atoms with E-state index in [0.29, 0.717) is 18.7 Å². The SMILES string of the molecule is CC(C)Nc1cc(-c2ccc3cc(C#N)cnn23)ncc1-c1nnc(C2CCN(C(=O)OC(C)(C)C)CC2)s1. The first kappa shape index (κ1) is 26.6. The number of piperidine rings is 1. The zero-order chi connectivity index (χ0) is 27.7. The van der Waals surface area contributed by atoms with Crippen LogP contribution >= 0.6 is 11.3 Å². The van der Waals surface area contributed by atoms with Crippen LogP contribution in [0.1, 0.15) is 63.9 Å². The second-order valence-corrected chi connectivity index (χ2v) is 12.0. The van der Waals surface area contributed by atoms with Crippen LogP contribution in [0, 0.1) is 11.3 Å². The lowest BCUT2D eigenvalue weighted by molar-refractivity contribution is 0.0204. The average Bonchev–Trinajstić information content (AvgIpc) is 3.55. The lowest BCUT2D eigenvalue weighted by Crippen LogP contribution is -2.41. The molecule has 1 fully saturated rings. The van der Waals surface area contributed by atoms with Gasteiger partial charge < -0.3 is 15.0 Å². The van der Waals surface area contributed by atoms with Gasteiger partial charge in [-0.1, -0.05) is 11.3 Å². The Labute approximate surface area is 231 Å².